The molecule has 1 fully saturated rings. The number of nitrogens with zero attached hydrogens (tertiary/aromatic N) is 3. The third-order valence-electron chi connectivity index (χ3n) is 3.63. The Morgan fingerprint density at radius 2 is 1.56 bits per heavy atom. The van der Waals surface area contributed by atoms with E-state index in [0.717, 1.165) is 43.2 Å². The van der Waals surface area contributed by atoms with Crippen molar-refractivity contribution < 1.29 is 29.3 Å². The number of carbonyl (C=O) groups is 2. The number of piperazine rings is 1. The number of hydrogen-bond acceptors (Lipinski definition) is 7. The lowest BCUT2D eigenvalue weighted by atomic mass is 10.2. The molecule has 1 aliphatic rings. The van der Waals surface area contributed by atoms with Crippen molar-refractivity contribution in [2.45, 2.75) is 0 Å². The van der Waals surface area contributed by atoms with Crippen LogP contribution in [-0.2, 0) is 9.59 Å². The van der Waals surface area contributed by atoms with Crippen LogP contribution in [0.1, 0.15) is 5.56 Å². The van der Waals surface area contributed by atoms with Crippen LogP contribution < -0.4 is 9.47 Å². The van der Waals surface area contributed by atoms with Gasteiger partial charge in [-0.25, -0.2) is 9.59 Å². The zero-order valence-corrected chi connectivity index (χ0v) is 15.7. The highest BCUT2D eigenvalue weighted by Crippen LogP contribution is 2.26. The number of likely N-dealkylation sites (N-methyl/N-ethyl adjacent to an activating group) is 1. The first-order valence-corrected chi connectivity index (χ1v) is 8.19. The molecule has 0 unspecified atom stereocenters. The number of ether oxygens (including phenoxy) is 2. The smallest absolute Gasteiger partial charge is 0.328 e. The summed E-state index contributed by atoms with van der Waals surface area (Å²) in [4.78, 5) is 21.4. The second kappa shape index (κ2) is 11.5. The molecule has 0 atom stereocenters. The van der Waals surface area contributed by atoms with E-state index in [9.17, 15) is 9.59 Å². The number of carboxylic acids is 2. The minimum absolute atomic E-state index is 0.558. The summed E-state index contributed by atoms with van der Waals surface area (Å²) in [6.07, 6.45) is 2.98. The summed E-state index contributed by atoms with van der Waals surface area (Å²) in [6, 6.07) is 5.80. The van der Waals surface area contributed by atoms with E-state index in [4.69, 9.17) is 19.7 Å². The predicted molar refractivity (Wildman–Crippen MR) is 101 cm³/mol. The van der Waals surface area contributed by atoms with Gasteiger partial charge >= 0.3 is 11.9 Å². The highest BCUT2D eigenvalue weighted by molar-refractivity contribution is 5.89. The highest BCUT2D eigenvalue weighted by Gasteiger charge is 2.11. The maximum absolute atomic E-state index is 9.55. The van der Waals surface area contributed by atoms with Crippen LogP contribution in [0.2, 0.25) is 0 Å². The number of methoxy groups -OCH3 is 2. The molecule has 148 valence electrons. The van der Waals surface area contributed by atoms with E-state index in [-0.39, 0.29) is 0 Å². The summed E-state index contributed by atoms with van der Waals surface area (Å²) in [7, 11) is 5.41. The van der Waals surface area contributed by atoms with Gasteiger partial charge in [0.15, 0.2) is 11.5 Å². The summed E-state index contributed by atoms with van der Waals surface area (Å²) in [6.45, 7) is 4.06. The molecule has 0 bridgehead atoms. The molecule has 0 aromatic heterocycles. The fourth-order valence-corrected chi connectivity index (χ4v) is 2.14. The molecule has 1 aliphatic heterocycles. The molecular formula is C18H25N3O6. The predicted octanol–water partition coefficient (Wildman–Crippen LogP) is 0.997. The Hall–Kier alpha value is -3.07. The van der Waals surface area contributed by atoms with E-state index in [0.29, 0.717) is 12.2 Å². The van der Waals surface area contributed by atoms with Gasteiger partial charge in [-0.2, -0.15) is 5.10 Å². The van der Waals surface area contributed by atoms with Crippen LogP contribution in [0.4, 0.5) is 0 Å². The van der Waals surface area contributed by atoms with E-state index in [2.05, 4.69) is 22.1 Å². The first kappa shape index (κ1) is 22.0. The van der Waals surface area contributed by atoms with Gasteiger partial charge in [-0.15, -0.1) is 0 Å². The molecular weight excluding hydrogens is 354 g/mol. The molecule has 0 radical (unpaired) electrons. The zero-order chi connectivity index (χ0) is 20.2. The highest BCUT2D eigenvalue weighted by atomic mass is 16.5. The summed E-state index contributed by atoms with van der Waals surface area (Å²) in [5, 5.41) is 22.2. The second-order valence-electron chi connectivity index (χ2n) is 5.63. The van der Waals surface area contributed by atoms with Gasteiger partial charge in [-0.3, -0.25) is 5.01 Å². The topological polar surface area (TPSA) is 112 Å². The Balaban J connectivity index is 0.000000387. The van der Waals surface area contributed by atoms with E-state index in [1.165, 1.54) is 0 Å². The molecule has 1 saturated heterocycles. The summed E-state index contributed by atoms with van der Waals surface area (Å²) < 4.78 is 10.5. The fraction of sp³-hybridized carbons (Fsp3) is 0.389. The Bertz CT molecular complexity index is 666. The Kier molecular flexibility index (Phi) is 9.38. The Morgan fingerprint density at radius 1 is 1.00 bits per heavy atom. The number of aliphatic carboxylic acids is 2. The average Bonchev–Trinajstić information content (AvgIpc) is 2.66. The van der Waals surface area contributed by atoms with Gasteiger partial charge in [0, 0.05) is 38.3 Å². The Morgan fingerprint density at radius 3 is 2.04 bits per heavy atom. The average molecular weight is 379 g/mol. The van der Waals surface area contributed by atoms with Crippen LogP contribution in [0.25, 0.3) is 0 Å². The van der Waals surface area contributed by atoms with Crippen molar-refractivity contribution >= 4 is 18.2 Å². The van der Waals surface area contributed by atoms with Crippen molar-refractivity contribution in [3.05, 3.63) is 35.9 Å². The lowest BCUT2D eigenvalue weighted by Gasteiger charge is -2.30. The third-order valence-corrected chi connectivity index (χ3v) is 3.63. The van der Waals surface area contributed by atoms with E-state index >= 15 is 0 Å². The number of hydrazone groups is 1. The normalized spacial score (nSPS) is 14.7. The van der Waals surface area contributed by atoms with Crippen LogP contribution in [-0.4, -0.2) is 85.7 Å². The lowest BCUT2D eigenvalue weighted by Crippen LogP contribution is -2.41. The molecule has 0 saturated carbocycles. The van der Waals surface area contributed by atoms with E-state index < -0.39 is 11.9 Å². The molecule has 2 N–H and O–H groups in total. The SMILES string of the molecule is COc1ccc(/C=N/N2CCN(C)CC2)cc1OC.O=C(O)/C=C\C(=O)O. The molecule has 1 heterocycles. The minimum atomic E-state index is -1.26. The number of benzene rings is 1. The van der Waals surface area contributed by atoms with Crippen molar-refractivity contribution in [2.75, 3.05) is 47.4 Å². The van der Waals surface area contributed by atoms with Crippen LogP contribution in [0.5, 0.6) is 11.5 Å². The molecule has 27 heavy (non-hydrogen) atoms. The van der Waals surface area contributed by atoms with E-state index in [1.807, 2.05) is 24.4 Å². The van der Waals surface area contributed by atoms with Crippen LogP contribution in [0.3, 0.4) is 0 Å². The van der Waals surface area contributed by atoms with Gasteiger partial charge in [0.2, 0.25) is 0 Å². The first-order chi connectivity index (χ1) is 12.8. The molecule has 9 heteroatoms. The van der Waals surface area contributed by atoms with Crippen molar-refractivity contribution in [1.29, 1.82) is 0 Å². The monoisotopic (exact) mass is 379 g/mol. The van der Waals surface area contributed by atoms with Crippen molar-refractivity contribution in [1.82, 2.24) is 9.91 Å². The second-order valence-corrected chi connectivity index (χ2v) is 5.63. The summed E-state index contributed by atoms with van der Waals surface area (Å²) >= 11 is 0. The summed E-state index contributed by atoms with van der Waals surface area (Å²) in [5.74, 6) is -1.05. The molecule has 0 aliphatic carbocycles. The fourth-order valence-electron chi connectivity index (χ4n) is 2.14. The molecule has 1 aromatic carbocycles. The number of rotatable bonds is 6. The van der Waals surface area contributed by atoms with Gasteiger partial charge in [-0.1, -0.05) is 0 Å². The lowest BCUT2D eigenvalue weighted by molar-refractivity contribution is -0.134. The molecule has 1 aromatic rings. The summed E-state index contributed by atoms with van der Waals surface area (Å²) in [5.41, 5.74) is 1.01. The largest absolute Gasteiger partial charge is 0.493 e. The molecule has 0 spiro atoms. The van der Waals surface area contributed by atoms with Crippen LogP contribution in [0, 0.1) is 0 Å². The van der Waals surface area contributed by atoms with Gasteiger partial charge in [0.25, 0.3) is 0 Å². The number of carboxylic acid groups (broad SMARTS) is 2. The van der Waals surface area contributed by atoms with Crippen molar-refractivity contribution in [2.24, 2.45) is 5.10 Å². The van der Waals surface area contributed by atoms with Crippen molar-refractivity contribution in [3.8, 4) is 11.5 Å². The quantitative estimate of drug-likeness (QED) is 0.556. The maximum atomic E-state index is 9.55. The Labute approximate surface area is 158 Å². The van der Waals surface area contributed by atoms with Crippen LogP contribution >= 0.6 is 0 Å². The number of hydrogen-bond donors (Lipinski definition) is 2. The zero-order valence-electron chi connectivity index (χ0n) is 15.7. The molecule has 2 rings (SSSR count). The van der Waals surface area contributed by atoms with E-state index in [1.54, 1.807) is 14.2 Å². The standard InChI is InChI=1S/C14H21N3O2.C4H4O4/c1-16-6-8-17(9-7-16)15-11-12-4-5-13(18-2)14(10-12)19-3;5-3(6)1-2-4(7)8/h4-5,10-11H,6-9H2,1-3H3;1-2H,(H,5,6)(H,7,8)/b15-11+;2-1-. The van der Waals surface area contributed by atoms with Gasteiger partial charge < -0.3 is 24.6 Å². The third kappa shape index (κ3) is 8.73. The van der Waals surface area contributed by atoms with Gasteiger partial charge in [0.05, 0.1) is 20.4 Å². The van der Waals surface area contributed by atoms with Crippen LogP contribution in [0.15, 0.2) is 35.5 Å². The molecule has 0 amide bonds. The van der Waals surface area contributed by atoms with Crippen molar-refractivity contribution in [3.63, 3.8) is 0 Å². The minimum Gasteiger partial charge on any atom is -0.493 e. The van der Waals surface area contributed by atoms with Gasteiger partial charge in [0.1, 0.15) is 0 Å². The van der Waals surface area contributed by atoms with Gasteiger partial charge in [-0.05, 0) is 30.8 Å². The maximum Gasteiger partial charge on any atom is 0.328 e. The molecule has 9 nitrogen and oxygen atoms in total. The first-order valence-electron chi connectivity index (χ1n) is 8.19.